The molecule has 0 bridgehead atoms. The Morgan fingerprint density at radius 3 is 0.680 bits per heavy atom. The summed E-state index contributed by atoms with van der Waals surface area (Å²) in [5.41, 5.74) is 12.6. The molecule has 0 fully saturated rings. The van der Waals surface area contributed by atoms with E-state index in [-0.39, 0.29) is 44.9 Å². The van der Waals surface area contributed by atoms with Crippen LogP contribution < -0.4 is 0 Å². The molecule has 0 heterocycles. The minimum atomic E-state index is 0. The molecule has 0 saturated carbocycles. The van der Waals surface area contributed by atoms with E-state index in [1.807, 2.05) is 146 Å². The first-order valence-corrected chi connectivity index (χ1v) is 24.7. The van der Waals surface area contributed by atoms with E-state index in [1.54, 1.807) is 72.8 Å². The van der Waals surface area contributed by atoms with Gasteiger partial charge in [0.2, 0.25) is 0 Å². The summed E-state index contributed by atoms with van der Waals surface area (Å²) in [6.07, 6.45) is 6.48. The molecule has 0 aliphatic rings. The summed E-state index contributed by atoms with van der Waals surface area (Å²) in [4.78, 5) is 39.3. The number of ketones is 4. The fraction of sp³-hybridized carbons (Fsp3) is 0.121. The number of aromatic hydroxyl groups is 2. The summed E-state index contributed by atoms with van der Waals surface area (Å²) in [6, 6.07) is 66.5. The van der Waals surface area contributed by atoms with Gasteiger partial charge in [-0.3, -0.25) is 0 Å². The van der Waals surface area contributed by atoms with Crippen molar-refractivity contribution in [2.75, 3.05) is 0 Å². The van der Waals surface area contributed by atoms with Crippen molar-refractivity contribution in [2.24, 2.45) is 0 Å². The van der Waals surface area contributed by atoms with Crippen LogP contribution in [0.5, 0.6) is 23.0 Å². The van der Waals surface area contributed by atoms with E-state index in [0.29, 0.717) is 45.3 Å². The molecular weight excluding hydrogens is 969 g/mol. The Kier molecular flexibility index (Phi) is 24.6. The predicted octanol–water partition coefficient (Wildman–Crippen LogP) is 13.9. The Hall–Kier alpha value is -8.43. The number of allylic oxidation sites excluding steroid dienone is 4. The summed E-state index contributed by atoms with van der Waals surface area (Å²) in [7, 11) is 0. The molecule has 9 heteroatoms. The zero-order valence-corrected chi connectivity index (χ0v) is 44.5. The van der Waals surface area contributed by atoms with Crippen LogP contribution in [-0.2, 0) is 21.7 Å². The molecule has 380 valence electrons. The van der Waals surface area contributed by atoms with Gasteiger partial charge in [-0.2, -0.15) is 0 Å². The topological polar surface area (TPSA) is 172 Å². The number of carbonyl (C=O) groups excluding carboxylic acids is 4. The molecule has 0 unspecified atom stereocenters. The molecule has 10 N–H and O–H groups in total. The Balaban J connectivity index is 0.000000216. The molecule has 0 aliphatic carbocycles. The van der Waals surface area contributed by atoms with Gasteiger partial charge in [-0.25, -0.2) is 0 Å². The number of phenolic OH excluding ortho intramolecular Hbond substituents is 2. The van der Waals surface area contributed by atoms with Crippen LogP contribution >= 0.6 is 0 Å². The van der Waals surface area contributed by atoms with Gasteiger partial charge in [-0.15, -0.1) is 48.5 Å². The normalized spacial score (nSPS) is 10.8. The molecule has 8 nitrogen and oxygen atoms in total. The van der Waals surface area contributed by atoms with E-state index in [9.17, 15) is 29.4 Å². The summed E-state index contributed by atoms with van der Waals surface area (Å²) in [5.74, 6) is 1.85. The van der Waals surface area contributed by atoms with Crippen LogP contribution in [0.3, 0.4) is 0 Å². The quantitative estimate of drug-likeness (QED) is 0.0245. The van der Waals surface area contributed by atoms with Gasteiger partial charge in [0, 0.05) is 58.8 Å². The minimum Gasteiger partial charge on any atom is -0.593 e. The molecule has 8 aromatic rings. The zero-order chi connectivity index (χ0) is 53.2. The predicted molar refractivity (Wildman–Crippen MR) is 309 cm³/mol. The largest absolute Gasteiger partial charge is 0.593 e. The van der Waals surface area contributed by atoms with Crippen molar-refractivity contribution >= 4 is 45.4 Å². The van der Waals surface area contributed by atoms with Crippen molar-refractivity contribution in [2.45, 2.75) is 53.4 Å². The Morgan fingerprint density at radius 1 is 0.307 bits per heavy atom. The van der Waals surface area contributed by atoms with Crippen molar-refractivity contribution in [1.82, 2.24) is 0 Å². The van der Waals surface area contributed by atoms with E-state index in [4.69, 9.17) is 10.2 Å². The van der Waals surface area contributed by atoms with E-state index in [2.05, 4.69) is 27.7 Å². The van der Waals surface area contributed by atoms with Crippen LogP contribution in [0.2, 0.25) is 0 Å². The maximum atomic E-state index is 9.83. The fourth-order valence-electron chi connectivity index (χ4n) is 8.06. The van der Waals surface area contributed by atoms with Crippen LogP contribution in [0, 0.1) is 12.8 Å². The third-order valence-corrected chi connectivity index (χ3v) is 11.9. The summed E-state index contributed by atoms with van der Waals surface area (Å²) >= 11 is 0. The number of rotatable bonds is 16. The molecule has 8 rings (SSSR count). The second-order valence-corrected chi connectivity index (χ2v) is 16.9. The monoisotopic (exact) mass is 1040 g/mol. The molecule has 0 atom stereocenters. The van der Waals surface area contributed by atoms with Crippen molar-refractivity contribution < 1.29 is 61.3 Å². The van der Waals surface area contributed by atoms with Gasteiger partial charge in [0.1, 0.15) is 11.5 Å². The first-order chi connectivity index (χ1) is 35.8. The second-order valence-electron chi connectivity index (χ2n) is 16.9. The Bertz CT molecular complexity index is 2650. The van der Waals surface area contributed by atoms with Gasteiger partial charge in [-0.1, -0.05) is 125 Å². The van der Waals surface area contributed by atoms with Crippen LogP contribution in [0.4, 0.5) is 0 Å². The number of hydrogen-bond donors (Lipinski definition) is 2. The molecule has 0 aliphatic heterocycles. The molecule has 0 spiro atoms. The third-order valence-electron chi connectivity index (χ3n) is 11.9. The van der Waals surface area contributed by atoms with Crippen molar-refractivity contribution in [3.8, 4) is 23.0 Å². The van der Waals surface area contributed by atoms with Crippen LogP contribution in [0.1, 0.15) is 97.9 Å². The maximum Gasteiger partial charge on any atom is 0.255 e. The average molecular weight is 1040 g/mol. The minimum absolute atomic E-state index is 0. The van der Waals surface area contributed by atoms with E-state index >= 15 is 0 Å². The second kappa shape index (κ2) is 31.2. The number of hydrogen-bond acceptors (Lipinski definition) is 2. The SMILES string of the molecule is CCC(=C(CC)c1ccc([OH2+])cc1)c1ccc(O)cc1.CCC(=C(CC)c1ccc([OH2+])cc1)c1ccc(O)cc1.[OH+]=C([CH-]C(=[OH+])c1ccccc1)c1ccccc1.[OH+]=C([CH-]C(=[OH+])c1ccccc1)c1ccccc1.[Ti]. The van der Waals surface area contributed by atoms with Gasteiger partial charge in [0.15, 0.2) is 0 Å². The van der Waals surface area contributed by atoms with E-state index in [0.717, 1.165) is 36.8 Å². The molecule has 8 aromatic carbocycles. The molecule has 0 saturated heterocycles. The standard InChI is InChI=1S/2C18H20O2.2C15H11O2.Ti/c2*1-3-17(13-5-9-15(19)10-6-13)18(4-2)14-7-11-16(20)12-8-14;2*16-14(12-7-3-1-4-8-12)11-15(17)13-9-5-2-6-10-13;/h2*5-12,19-20H,3-4H2,1-2H3;2*1-11H;/q;;2*-1;/p+6. The fourth-order valence-corrected chi connectivity index (χ4v) is 8.06. The van der Waals surface area contributed by atoms with Gasteiger partial charge < -0.3 is 39.6 Å². The number of benzene rings is 8. The van der Waals surface area contributed by atoms with Crippen LogP contribution in [0.15, 0.2) is 218 Å². The molecular formula is C66H68O8Ti+4. The van der Waals surface area contributed by atoms with Gasteiger partial charge >= 0.3 is 0 Å². The summed E-state index contributed by atoms with van der Waals surface area (Å²) in [5, 5.41) is 34.0. The van der Waals surface area contributed by atoms with Crippen LogP contribution in [-0.4, -0.2) is 62.7 Å². The van der Waals surface area contributed by atoms with Crippen molar-refractivity contribution in [3.63, 3.8) is 0 Å². The summed E-state index contributed by atoms with van der Waals surface area (Å²) < 4.78 is 0. The average Bonchev–Trinajstić information content (AvgIpc) is 3.44. The van der Waals surface area contributed by atoms with E-state index < -0.39 is 0 Å². The Morgan fingerprint density at radius 2 is 0.493 bits per heavy atom. The molecule has 0 amide bonds. The van der Waals surface area contributed by atoms with Crippen LogP contribution in [0.25, 0.3) is 22.3 Å². The Labute approximate surface area is 456 Å². The summed E-state index contributed by atoms with van der Waals surface area (Å²) in [6.45, 7) is 8.60. The van der Waals surface area contributed by atoms with E-state index in [1.165, 1.54) is 46.3 Å². The van der Waals surface area contributed by atoms with Gasteiger partial charge in [-0.05, 0) is 141 Å². The third kappa shape index (κ3) is 18.5. The van der Waals surface area contributed by atoms with Gasteiger partial charge in [0.25, 0.3) is 34.6 Å². The van der Waals surface area contributed by atoms with Crippen molar-refractivity contribution in [1.29, 1.82) is 0 Å². The maximum absolute atomic E-state index is 9.83. The van der Waals surface area contributed by atoms with Crippen molar-refractivity contribution in [3.05, 3.63) is 276 Å². The molecule has 75 heavy (non-hydrogen) atoms. The first-order valence-electron chi connectivity index (χ1n) is 24.7. The zero-order valence-electron chi connectivity index (χ0n) is 43.0. The first kappa shape index (κ1) is 59.1. The number of phenols is 2. The molecule has 0 aromatic heterocycles. The smallest absolute Gasteiger partial charge is 0.255 e. The molecule has 0 radical (unpaired) electrons. The van der Waals surface area contributed by atoms with Gasteiger partial charge in [0.05, 0.1) is 0 Å².